The van der Waals surface area contributed by atoms with Gasteiger partial charge in [0.2, 0.25) is 5.91 Å². The average molecular weight is 211 g/mol. The molecule has 74 valence electrons. The Morgan fingerprint density at radius 3 is 2.86 bits per heavy atom. The van der Waals surface area contributed by atoms with E-state index in [1.807, 2.05) is 6.92 Å². The van der Waals surface area contributed by atoms with E-state index in [1.165, 1.54) is 0 Å². The largest absolute Gasteiger partial charge is 0.310 e. The third-order valence-corrected chi connectivity index (χ3v) is 2.72. The minimum absolute atomic E-state index is 0.0345. The molecule has 1 aromatic rings. The SMILES string of the molecule is CC1(C(=O)Nc2cccc(Cl)n2)CC1. The van der Waals surface area contributed by atoms with Gasteiger partial charge in [0.05, 0.1) is 0 Å². The first kappa shape index (κ1) is 9.46. The minimum Gasteiger partial charge on any atom is -0.310 e. The van der Waals surface area contributed by atoms with E-state index >= 15 is 0 Å². The highest BCUT2D eigenvalue weighted by Gasteiger charge is 2.44. The summed E-state index contributed by atoms with van der Waals surface area (Å²) in [5.74, 6) is 0.558. The van der Waals surface area contributed by atoms with Gasteiger partial charge in [-0.25, -0.2) is 4.98 Å². The molecule has 1 heterocycles. The molecule has 1 aromatic heterocycles. The van der Waals surface area contributed by atoms with Crippen molar-refractivity contribution in [3.05, 3.63) is 23.4 Å². The van der Waals surface area contributed by atoms with Crippen LogP contribution in [-0.4, -0.2) is 10.9 Å². The Bertz CT molecular complexity index is 374. The molecule has 14 heavy (non-hydrogen) atoms. The van der Waals surface area contributed by atoms with Crippen LogP contribution in [0.15, 0.2) is 18.2 Å². The molecule has 0 atom stereocenters. The quantitative estimate of drug-likeness (QED) is 0.762. The van der Waals surface area contributed by atoms with Crippen LogP contribution in [0.4, 0.5) is 5.82 Å². The molecule has 0 radical (unpaired) electrons. The number of carbonyl (C=O) groups excluding carboxylic acids is 1. The van der Waals surface area contributed by atoms with Gasteiger partial charge in [0.25, 0.3) is 0 Å². The number of carbonyl (C=O) groups is 1. The van der Waals surface area contributed by atoms with Gasteiger partial charge in [-0.05, 0) is 25.0 Å². The Morgan fingerprint density at radius 1 is 1.57 bits per heavy atom. The highest BCUT2D eigenvalue weighted by molar-refractivity contribution is 6.29. The van der Waals surface area contributed by atoms with Gasteiger partial charge < -0.3 is 5.32 Å². The highest BCUT2D eigenvalue weighted by atomic mass is 35.5. The van der Waals surface area contributed by atoms with Gasteiger partial charge in [-0.1, -0.05) is 24.6 Å². The van der Waals surface area contributed by atoms with Crippen LogP contribution in [0, 0.1) is 5.41 Å². The molecule has 3 nitrogen and oxygen atoms in total. The minimum atomic E-state index is -0.177. The Labute approximate surface area is 87.5 Å². The van der Waals surface area contributed by atoms with E-state index in [4.69, 9.17) is 11.6 Å². The number of hydrogen-bond donors (Lipinski definition) is 1. The molecule has 1 aliphatic rings. The zero-order chi connectivity index (χ0) is 10.2. The topological polar surface area (TPSA) is 42.0 Å². The first-order chi connectivity index (χ1) is 6.60. The Kier molecular flexibility index (Phi) is 2.19. The number of nitrogens with zero attached hydrogens (tertiary/aromatic N) is 1. The molecule has 1 fully saturated rings. The monoisotopic (exact) mass is 210 g/mol. The summed E-state index contributed by atoms with van der Waals surface area (Å²) in [6.07, 6.45) is 1.92. The number of halogens is 1. The van der Waals surface area contributed by atoms with Crippen LogP contribution in [0.3, 0.4) is 0 Å². The summed E-state index contributed by atoms with van der Waals surface area (Å²) in [6.45, 7) is 1.95. The van der Waals surface area contributed by atoms with Crippen LogP contribution in [-0.2, 0) is 4.79 Å². The maximum Gasteiger partial charge on any atom is 0.231 e. The number of amides is 1. The molecule has 0 aliphatic heterocycles. The van der Waals surface area contributed by atoms with E-state index in [-0.39, 0.29) is 11.3 Å². The lowest BCUT2D eigenvalue weighted by Gasteiger charge is -2.08. The zero-order valence-corrected chi connectivity index (χ0v) is 8.64. The number of pyridine rings is 1. The molecule has 0 aromatic carbocycles. The van der Waals surface area contributed by atoms with Crippen molar-refractivity contribution < 1.29 is 4.79 Å². The molecule has 1 aliphatic carbocycles. The van der Waals surface area contributed by atoms with Crippen molar-refractivity contribution in [1.29, 1.82) is 0 Å². The van der Waals surface area contributed by atoms with Crippen molar-refractivity contribution in [2.75, 3.05) is 5.32 Å². The number of anilines is 1. The summed E-state index contributed by atoms with van der Waals surface area (Å²) in [4.78, 5) is 15.6. The number of nitrogens with one attached hydrogen (secondary N) is 1. The van der Waals surface area contributed by atoms with Gasteiger partial charge >= 0.3 is 0 Å². The fourth-order valence-corrected chi connectivity index (χ4v) is 1.32. The smallest absolute Gasteiger partial charge is 0.231 e. The number of aromatic nitrogens is 1. The predicted molar refractivity (Wildman–Crippen MR) is 55.2 cm³/mol. The molecule has 2 rings (SSSR count). The molecule has 0 spiro atoms. The second kappa shape index (κ2) is 3.24. The summed E-state index contributed by atoms with van der Waals surface area (Å²) in [7, 11) is 0. The molecule has 1 amide bonds. The van der Waals surface area contributed by atoms with E-state index in [0.717, 1.165) is 12.8 Å². The van der Waals surface area contributed by atoms with E-state index < -0.39 is 0 Å². The molecular formula is C10H11ClN2O. The summed E-state index contributed by atoms with van der Waals surface area (Å²) in [6, 6.07) is 5.17. The van der Waals surface area contributed by atoms with Gasteiger partial charge in [0.1, 0.15) is 11.0 Å². The molecule has 1 saturated carbocycles. The lowest BCUT2D eigenvalue weighted by atomic mass is 10.1. The van der Waals surface area contributed by atoms with Crippen molar-refractivity contribution >= 4 is 23.3 Å². The fourth-order valence-electron chi connectivity index (χ4n) is 1.16. The van der Waals surface area contributed by atoms with Crippen LogP contribution in [0.2, 0.25) is 5.15 Å². The molecule has 0 unspecified atom stereocenters. The van der Waals surface area contributed by atoms with Crippen LogP contribution in [0.5, 0.6) is 0 Å². The second-order valence-electron chi connectivity index (χ2n) is 3.86. The van der Waals surface area contributed by atoms with Crippen molar-refractivity contribution in [1.82, 2.24) is 4.98 Å². The van der Waals surface area contributed by atoms with E-state index in [9.17, 15) is 4.79 Å². The van der Waals surface area contributed by atoms with Crippen molar-refractivity contribution in [2.24, 2.45) is 5.41 Å². The fraction of sp³-hybridized carbons (Fsp3) is 0.400. The lowest BCUT2D eigenvalue weighted by molar-refractivity contribution is -0.120. The Balaban J connectivity index is 2.07. The molecule has 1 N–H and O–H groups in total. The van der Waals surface area contributed by atoms with Gasteiger partial charge in [-0.15, -0.1) is 0 Å². The van der Waals surface area contributed by atoms with Crippen molar-refractivity contribution in [2.45, 2.75) is 19.8 Å². The Morgan fingerprint density at radius 2 is 2.29 bits per heavy atom. The predicted octanol–water partition coefficient (Wildman–Crippen LogP) is 2.47. The second-order valence-corrected chi connectivity index (χ2v) is 4.25. The molecule has 0 bridgehead atoms. The summed E-state index contributed by atoms with van der Waals surface area (Å²) in [5, 5.41) is 3.14. The molecule has 4 heteroatoms. The van der Waals surface area contributed by atoms with Crippen LogP contribution < -0.4 is 5.32 Å². The van der Waals surface area contributed by atoms with Crippen molar-refractivity contribution in [3.63, 3.8) is 0 Å². The maximum absolute atomic E-state index is 11.6. The average Bonchev–Trinajstić information content (AvgIpc) is 2.85. The van der Waals surface area contributed by atoms with E-state index in [2.05, 4.69) is 10.3 Å². The van der Waals surface area contributed by atoms with Crippen LogP contribution in [0.25, 0.3) is 0 Å². The lowest BCUT2D eigenvalue weighted by Crippen LogP contribution is -2.21. The molecule has 0 saturated heterocycles. The number of rotatable bonds is 2. The third-order valence-electron chi connectivity index (χ3n) is 2.50. The maximum atomic E-state index is 11.6. The summed E-state index contributed by atoms with van der Waals surface area (Å²) < 4.78 is 0. The normalized spacial score (nSPS) is 17.6. The van der Waals surface area contributed by atoms with Crippen LogP contribution >= 0.6 is 11.6 Å². The van der Waals surface area contributed by atoms with Gasteiger partial charge in [-0.3, -0.25) is 4.79 Å². The first-order valence-corrected chi connectivity index (χ1v) is 4.92. The highest BCUT2D eigenvalue weighted by Crippen LogP contribution is 2.45. The van der Waals surface area contributed by atoms with E-state index in [1.54, 1.807) is 18.2 Å². The standard InChI is InChI=1S/C10H11ClN2O/c1-10(5-6-10)9(14)13-8-4-2-3-7(11)12-8/h2-4H,5-6H2,1H3,(H,12,13,14). The first-order valence-electron chi connectivity index (χ1n) is 4.54. The van der Waals surface area contributed by atoms with E-state index in [0.29, 0.717) is 11.0 Å². The van der Waals surface area contributed by atoms with Gasteiger partial charge in [-0.2, -0.15) is 0 Å². The van der Waals surface area contributed by atoms with Gasteiger partial charge in [0, 0.05) is 5.41 Å². The summed E-state index contributed by atoms with van der Waals surface area (Å²) in [5.41, 5.74) is -0.177. The number of hydrogen-bond acceptors (Lipinski definition) is 2. The Hall–Kier alpha value is -1.09. The van der Waals surface area contributed by atoms with Gasteiger partial charge in [0.15, 0.2) is 0 Å². The summed E-state index contributed by atoms with van der Waals surface area (Å²) >= 11 is 5.70. The molecular weight excluding hydrogens is 200 g/mol. The van der Waals surface area contributed by atoms with Crippen molar-refractivity contribution in [3.8, 4) is 0 Å². The van der Waals surface area contributed by atoms with Crippen LogP contribution in [0.1, 0.15) is 19.8 Å². The third kappa shape index (κ3) is 1.87. The zero-order valence-electron chi connectivity index (χ0n) is 7.88.